The molecular weight excluding hydrogens is 421 g/mol. The van der Waals surface area contributed by atoms with E-state index in [1.807, 2.05) is 12.1 Å². The Kier molecular flexibility index (Phi) is 3.29. The lowest BCUT2D eigenvalue weighted by atomic mass is 9.76. The van der Waals surface area contributed by atoms with E-state index in [9.17, 15) is 0 Å². The van der Waals surface area contributed by atoms with Gasteiger partial charge in [-0.3, -0.25) is 0 Å². The van der Waals surface area contributed by atoms with Crippen LogP contribution in [0.15, 0.2) is 83.3 Å². The summed E-state index contributed by atoms with van der Waals surface area (Å²) in [5.74, 6) is 0. The molecule has 4 heterocycles. The highest BCUT2D eigenvalue weighted by Gasteiger charge is 2.56. The summed E-state index contributed by atoms with van der Waals surface area (Å²) in [6.45, 7) is 6.40. The molecule has 0 saturated carbocycles. The molecule has 2 aromatic heterocycles. The smallest absolute Gasteiger partial charge is 0.456 e. The van der Waals surface area contributed by atoms with Crippen molar-refractivity contribution in [1.82, 2.24) is 4.57 Å². The fourth-order valence-corrected chi connectivity index (χ4v) is 6.06. The molecule has 0 amide bonds. The Morgan fingerprint density at radius 3 is 2.35 bits per heavy atom. The number of hydrogen-bond acceptors (Lipinski definition) is 3. The van der Waals surface area contributed by atoms with Gasteiger partial charge in [-0.1, -0.05) is 54.6 Å². The number of furan rings is 1. The van der Waals surface area contributed by atoms with E-state index in [4.69, 9.17) is 13.7 Å². The first-order valence-corrected chi connectivity index (χ1v) is 11.8. The van der Waals surface area contributed by atoms with Gasteiger partial charge < -0.3 is 18.3 Å². The second kappa shape index (κ2) is 5.93. The molecule has 1 atom stereocenters. The highest BCUT2D eigenvalue weighted by atomic mass is 16.7. The van der Waals surface area contributed by atoms with Crippen molar-refractivity contribution in [3.8, 4) is 5.69 Å². The number of nitrogens with zero attached hydrogens (tertiary/aromatic N) is 1. The van der Waals surface area contributed by atoms with Gasteiger partial charge in [-0.2, -0.15) is 0 Å². The molecule has 1 unspecified atom stereocenters. The zero-order valence-electron chi connectivity index (χ0n) is 19.3. The SMILES string of the molecule is CC1(C)OB2OC1(C)c1ccc3c4ccccc4n(c3c1)-c1c2ccc2oc3ccccc3c12. The first-order chi connectivity index (χ1) is 16.5. The van der Waals surface area contributed by atoms with Crippen LogP contribution in [-0.2, 0) is 14.9 Å². The summed E-state index contributed by atoms with van der Waals surface area (Å²) < 4.78 is 22.2. The molecule has 1 saturated heterocycles. The summed E-state index contributed by atoms with van der Waals surface area (Å²) in [4.78, 5) is 0. The summed E-state index contributed by atoms with van der Waals surface area (Å²) in [5.41, 5.74) is 6.18. The number of para-hydroxylation sites is 2. The maximum Gasteiger partial charge on any atom is 0.497 e. The number of benzene rings is 4. The quantitative estimate of drug-likeness (QED) is 0.254. The summed E-state index contributed by atoms with van der Waals surface area (Å²) in [5, 5.41) is 4.64. The van der Waals surface area contributed by atoms with Gasteiger partial charge >= 0.3 is 7.12 Å². The van der Waals surface area contributed by atoms with Crippen molar-refractivity contribution < 1.29 is 13.7 Å². The Hall–Kier alpha value is -3.54. The molecule has 8 rings (SSSR count). The highest BCUT2D eigenvalue weighted by Crippen LogP contribution is 2.48. The molecular formula is C29H22BNO3. The predicted octanol–water partition coefficient (Wildman–Crippen LogP) is 6.43. The fraction of sp³-hybridized carbons (Fsp3) is 0.172. The van der Waals surface area contributed by atoms with Crippen molar-refractivity contribution in [3.63, 3.8) is 0 Å². The van der Waals surface area contributed by atoms with Gasteiger partial charge in [0, 0.05) is 21.6 Å². The first-order valence-electron chi connectivity index (χ1n) is 11.8. The summed E-state index contributed by atoms with van der Waals surface area (Å²) >= 11 is 0. The Morgan fingerprint density at radius 2 is 1.47 bits per heavy atom. The third kappa shape index (κ3) is 2.09. The predicted molar refractivity (Wildman–Crippen MR) is 137 cm³/mol. The van der Waals surface area contributed by atoms with Crippen molar-refractivity contribution in [3.05, 3.63) is 84.4 Å². The molecule has 4 bridgehead atoms. The molecule has 5 heteroatoms. The minimum Gasteiger partial charge on any atom is -0.456 e. The minimum atomic E-state index is -0.595. The van der Waals surface area contributed by atoms with Crippen LogP contribution in [0.2, 0.25) is 0 Å². The van der Waals surface area contributed by atoms with Gasteiger partial charge in [0.05, 0.1) is 27.7 Å². The van der Waals surface area contributed by atoms with Crippen LogP contribution in [0.1, 0.15) is 26.3 Å². The Labute approximate surface area is 196 Å². The van der Waals surface area contributed by atoms with Crippen molar-refractivity contribution >= 4 is 56.3 Å². The largest absolute Gasteiger partial charge is 0.497 e. The van der Waals surface area contributed by atoms with Crippen LogP contribution >= 0.6 is 0 Å². The van der Waals surface area contributed by atoms with Crippen LogP contribution in [0.25, 0.3) is 49.4 Å². The van der Waals surface area contributed by atoms with E-state index < -0.39 is 18.3 Å². The van der Waals surface area contributed by atoms with Gasteiger partial charge in [0.1, 0.15) is 16.8 Å². The van der Waals surface area contributed by atoms with Crippen LogP contribution in [0.5, 0.6) is 0 Å². The lowest BCUT2D eigenvalue weighted by molar-refractivity contribution is -0.0132. The Bertz CT molecular complexity index is 1830. The molecule has 2 aliphatic rings. The molecule has 4 aromatic carbocycles. The van der Waals surface area contributed by atoms with E-state index in [0.29, 0.717) is 0 Å². The average Bonchev–Trinajstić information content (AvgIpc) is 3.45. The van der Waals surface area contributed by atoms with Crippen molar-refractivity contribution in [2.24, 2.45) is 0 Å². The first kappa shape index (κ1) is 18.8. The topological polar surface area (TPSA) is 36.5 Å². The maximum absolute atomic E-state index is 6.81. The monoisotopic (exact) mass is 443 g/mol. The molecule has 34 heavy (non-hydrogen) atoms. The number of aromatic nitrogens is 1. The second-order valence-electron chi connectivity index (χ2n) is 10.2. The van der Waals surface area contributed by atoms with Crippen molar-refractivity contribution in [1.29, 1.82) is 0 Å². The maximum atomic E-state index is 6.81. The van der Waals surface area contributed by atoms with Crippen LogP contribution in [0.4, 0.5) is 0 Å². The molecule has 0 spiro atoms. The van der Waals surface area contributed by atoms with Crippen LogP contribution in [-0.4, -0.2) is 17.3 Å². The van der Waals surface area contributed by atoms with E-state index in [2.05, 4.69) is 92.1 Å². The molecule has 0 radical (unpaired) electrons. The molecule has 0 aliphatic carbocycles. The molecule has 1 fully saturated rings. The third-order valence-corrected chi connectivity index (χ3v) is 8.14. The van der Waals surface area contributed by atoms with Crippen molar-refractivity contribution in [2.45, 2.75) is 32.0 Å². The summed E-state index contributed by atoms with van der Waals surface area (Å²) in [6.07, 6.45) is 0. The Balaban J connectivity index is 1.67. The fourth-order valence-electron chi connectivity index (χ4n) is 6.06. The normalized spacial score (nSPS) is 20.9. The third-order valence-electron chi connectivity index (χ3n) is 8.14. The number of rotatable bonds is 0. The molecule has 4 nitrogen and oxygen atoms in total. The summed E-state index contributed by atoms with van der Waals surface area (Å²) in [7, 11) is -0.501. The van der Waals surface area contributed by atoms with E-state index in [0.717, 1.165) is 44.2 Å². The number of hydrogen-bond donors (Lipinski definition) is 0. The van der Waals surface area contributed by atoms with E-state index in [-0.39, 0.29) is 0 Å². The zero-order chi connectivity index (χ0) is 22.8. The van der Waals surface area contributed by atoms with Gasteiger partial charge in [0.2, 0.25) is 0 Å². The molecule has 0 N–H and O–H groups in total. The van der Waals surface area contributed by atoms with Crippen LogP contribution in [0, 0.1) is 0 Å². The summed E-state index contributed by atoms with van der Waals surface area (Å²) in [6, 6.07) is 27.8. The van der Waals surface area contributed by atoms with Gasteiger partial charge in [0.25, 0.3) is 0 Å². The van der Waals surface area contributed by atoms with Gasteiger partial charge in [-0.05, 0) is 50.6 Å². The lowest BCUT2D eigenvalue weighted by Gasteiger charge is -2.37. The minimum absolute atomic E-state index is 0.501. The average molecular weight is 443 g/mol. The number of fused-ring (bicyclic) bond motifs is 14. The van der Waals surface area contributed by atoms with Gasteiger partial charge in [-0.15, -0.1) is 0 Å². The van der Waals surface area contributed by atoms with Gasteiger partial charge in [-0.25, -0.2) is 0 Å². The van der Waals surface area contributed by atoms with Crippen LogP contribution in [0.3, 0.4) is 0 Å². The van der Waals surface area contributed by atoms with E-state index in [1.54, 1.807) is 0 Å². The van der Waals surface area contributed by atoms with Crippen molar-refractivity contribution in [2.75, 3.05) is 0 Å². The van der Waals surface area contributed by atoms with Gasteiger partial charge in [0.15, 0.2) is 0 Å². The molecule has 2 aliphatic heterocycles. The highest BCUT2D eigenvalue weighted by molar-refractivity contribution is 6.64. The zero-order valence-corrected chi connectivity index (χ0v) is 19.3. The van der Waals surface area contributed by atoms with Crippen LogP contribution < -0.4 is 5.46 Å². The Morgan fingerprint density at radius 1 is 0.706 bits per heavy atom. The van der Waals surface area contributed by atoms with E-state index >= 15 is 0 Å². The molecule has 6 aromatic rings. The lowest BCUT2D eigenvalue weighted by Crippen LogP contribution is -2.42. The standard InChI is InChI=1S/C29H22BNO3/c1-28(2)29(3)17-12-13-19-18-8-4-6-10-22(18)31(23(19)16-17)27-21(30(33-28)34-29)14-15-25-26(27)20-9-5-7-11-24(20)32-25/h4-16H,1-3H3. The molecule has 164 valence electrons. The van der Waals surface area contributed by atoms with E-state index in [1.165, 1.54) is 16.3 Å². The second-order valence-corrected chi connectivity index (χ2v) is 10.2.